The van der Waals surface area contributed by atoms with Crippen LogP contribution < -0.4 is 0 Å². The summed E-state index contributed by atoms with van der Waals surface area (Å²) >= 11 is 0. The van der Waals surface area contributed by atoms with E-state index in [2.05, 4.69) is 6.92 Å². The molecule has 0 aliphatic carbocycles. The topological polar surface area (TPSA) is 44.8 Å². The Bertz CT molecular complexity index is 199. The van der Waals surface area contributed by atoms with Gasteiger partial charge >= 0.3 is 0 Å². The van der Waals surface area contributed by atoms with Crippen LogP contribution in [0, 0.1) is 0 Å². The minimum Gasteiger partial charge on any atom is -0.469 e. The second-order valence-corrected chi connectivity index (χ2v) is 9.49. The van der Waals surface area contributed by atoms with E-state index in [0.717, 1.165) is 6.42 Å². The van der Waals surface area contributed by atoms with Gasteiger partial charge in [0.25, 0.3) is 25.4 Å². The van der Waals surface area contributed by atoms with Gasteiger partial charge in [-0.3, -0.25) is 4.79 Å². The molecule has 0 aliphatic rings. The number of carbonyl (C=O) groups excluding carboxylic acids is 1. The Hall–Kier alpha value is 0.664. The first-order valence-electron chi connectivity index (χ1n) is 7.03. The Morgan fingerprint density at radius 3 is 2.21 bits per heavy atom. The summed E-state index contributed by atoms with van der Waals surface area (Å²) in [6.45, 7) is 2.80. The molecule has 0 unspecified atom stereocenters. The molecule has 0 fully saturated rings. The quantitative estimate of drug-likeness (QED) is 0.351. The van der Waals surface area contributed by atoms with Crippen LogP contribution in [0.15, 0.2) is 0 Å². The van der Waals surface area contributed by atoms with E-state index in [1.165, 1.54) is 44.9 Å². The van der Waals surface area contributed by atoms with E-state index in [4.69, 9.17) is 13.0 Å². The van der Waals surface area contributed by atoms with Crippen molar-refractivity contribution in [2.75, 3.05) is 6.61 Å². The Labute approximate surface area is 138 Å². The van der Waals surface area contributed by atoms with Gasteiger partial charge in [-0.1, -0.05) is 51.9 Å². The third-order valence-corrected chi connectivity index (χ3v) is 5.55. The molecule has 0 radical (unpaired) electrons. The SMILES string of the molecule is CCCCCCCCCCOC(=O)[SiH2]O[SiH2]O[SiH3].[Zn]. The van der Waals surface area contributed by atoms with Gasteiger partial charge in [0.15, 0.2) is 0 Å². The summed E-state index contributed by atoms with van der Waals surface area (Å²) in [5, 5.41) is 0. The summed E-state index contributed by atoms with van der Waals surface area (Å²) < 4.78 is 15.3. The molecule has 0 saturated heterocycles. The minimum atomic E-state index is -1.13. The monoisotopic (exact) mass is 372 g/mol. The van der Waals surface area contributed by atoms with Crippen molar-refractivity contribution in [2.24, 2.45) is 0 Å². The van der Waals surface area contributed by atoms with Crippen LogP contribution in [0.3, 0.4) is 0 Å². The number of rotatable bonds is 13. The molecule has 4 nitrogen and oxygen atoms in total. The first-order chi connectivity index (χ1) is 8.81. The van der Waals surface area contributed by atoms with Crippen molar-refractivity contribution in [1.29, 1.82) is 0 Å². The summed E-state index contributed by atoms with van der Waals surface area (Å²) in [6.07, 6.45) is 10.1. The molecule has 0 N–H and O–H groups in total. The van der Waals surface area contributed by atoms with Crippen molar-refractivity contribution in [3.63, 3.8) is 0 Å². The number of carbonyl (C=O) groups is 1. The van der Waals surface area contributed by atoms with Gasteiger partial charge in [0.2, 0.25) is 0 Å². The van der Waals surface area contributed by atoms with E-state index in [0.29, 0.717) is 17.1 Å². The van der Waals surface area contributed by atoms with Gasteiger partial charge in [-0.05, 0) is 6.42 Å². The first-order valence-corrected chi connectivity index (χ1v) is 10.3. The van der Waals surface area contributed by atoms with Crippen LogP contribution in [0.5, 0.6) is 0 Å². The maximum absolute atomic E-state index is 11.2. The molecule has 0 spiro atoms. The Morgan fingerprint density at radius 2 is 1.63 bits per heavy atom. The molecule has 110 valence electrons. The number of hydrogen-bond acceptors (Lipinski definition) is 4. The summed E-state index contributed by atoms with van der Waals surface area (Å²) in [5.74, 6) is 0. The molecule has 0 aliphatic heterocycles. The van der Waals surface area contributed by atoms with Gasteiger partial charge in [-0.25, -0.2) is 0 Å². The molecule has 0 aromatic rings. The Balaban J connectivity index is 0. The second kappa shape index (κ2) is 18.7. The fraction of sp³-hybridized carbons (Fsp3) is 0.909. The van der Waals surface area contributed by atoms with Crippen molar-refractivity contribution < 1.29 is 37.2 Å². The average molecular weight is 374 g/mol. The van der Waals surface area contributed by atoms with Crippen LogP contribution in [0.25, 0.3) is 0 Å². The molecule has 8 heteroatoms. The summed E-state index contributed by atoms with van der Waals surface area (Å²) in [7, 11) is -1.27. The molecule has 0 amide bonds. The predicted molar refractivity (Wildman–Crippen MR) is 83.2 cm³/mol. The third kappa shape index (κ3) is 18.7. The molecule has 0 rings (SSSR count). The normalized spacial score (nSPS) is 11.4. The zero-order chi connectivity index (χ0) is 13.5. The van der Waals surface area contributed by atoms with Gasteiger partial charge < -0.3 is 13.0 Å². The fourth-order valence-electron chi connectivity index (χ4n) is 1.67. The molecule has 0 atom stereocenters. The Kier molecular flexibility index (Phi) is 21.6. The summed E-state index contributed by atoms with van der Waals surface area (Å²) in [6, 6.07) is 0. The summed E-state index contributed by atoms with van der Waals surface area (Å²) in [4.78, 5) is 11.2. The van der Waals surface area contributed by atoms with Crippen molar-refractivity contribution in [3.8, 4) is 0 Å². The molecule has 0 bridgehead atoms. The number of hydrogen-bond donors (Lipinski definition) is 0. The smallest absolute Gasteiger partial charge is 0.295 e. The van der Waals surface area contributed by atoms with Crippen LogP contribution in [0.2, 0.25) is 0 Å². The van der Waals surface area contributed by atoms with E-state index in [1.807, 2.05) is 0 Å². The fourth-order valence-corrected chi connectivity index (χ4v) is 5.07. The summed E-state index contributed by atoms with van der Waals surface area (Å²) in [5.41, 5.74) is -0.121. The third-order valence-electron chi connectivity index (χ3n) is 2.68. The zero-order valence-electron chi connectivity index (χ0n) is 12.6. The van der Waals surface area contributed by atoms with Crippen molar-refractivity contribution in [3.05, 3.63) is 0 Å². The van der Waals surface area contributed by atoms with Gasteiger partial charge in [0.1, 0.15) is 10.5 Å². The largest absolute Gasteiger partial charge is 0.469 e. The molecule has 0 aromatic carbocycles. The maximum Gasteiger partial charge on any atom is 0.295 e. The average Bonchev–Trinajstić information content (AvgIpc) is 2.37. The molecule has 0 aromatic heterocycles. The molecule has 19 heavy (non-hydrogen) atoms. The predicted octanol–water partition coefficient (Wildman–Crippen LogP) is 0.657. The first kappa shape index (κ1) is 22.0. The van der Waals surface area contributed by atoms with Crippen molar-refractivity contribution >= 4 is 35.8 Å². The van der Waals surface area contributed by atoms with Gasteiger partial charge in [-0.2, -0.15) is 0 Å². The van der Waals surface area contributed by atoms with E-state index in [-0.39, 0.29) is 25.1 Å². The Morgan fingerprint density at radius 1 is 1.05 bits per heavy atom. The minimum absolute atomic E-state index is 0. The second-order valence-electron chi connectivity index (χ2n) is 4.45. The van der Waals surface area contributed by atoms with E-state index in [1.54, 1.807) is 0 Å². The van der Waals surface area contributed by atoms with E-state index in [9.17, 15) is 4.79 Å². The molecular formula is C11H28O4Si3Zn. The molecule has 0 saturated carbocycles. The standard InChI is InChI=1S/C11H28O4Si3.Zn/c1-2-3-4-5-6-7-8-9-10-13-11(12)17-15-18-14-16;/h2-10,17-18H2,1,16H3;. The zero-order valence-corrected chi connectivity index (χ0v) is 20.4. The van der Waals surface area contributed by atoms with E-state index >= 15 is 0 Å². The maximum atomic E-state index is 11.2. The van der Waals surface area contributed by atoms with Crippen LogP contribution in [-0.2, 0) is 32.4 Å². The van der Waals surface area contributed by atoms with Crippen molar-refractivity contribution in [1.82, 2.24) is 0 Å². The van der Waals surface area contributed by atoms with Crippen LogP contribution in [0.4, 0.5) is 4.79 Å². The number of ether oxygens (including phenoxy) is 1. The number of unbranched alkanes of at least 4 members (excludes halogenated alkanes) is 7. The van der Waals surface area contributed by atoms with Crippen molar-refractivity contribution in [2.45, 2.75) is 58.3 Å². The molecule has 0 heterocycles. The molecular weight excluding hydrogens is 346 g/mol. The van der Waals surface area contributed by atoms with E-state index < -0.39 is 19.8 Å². The van der Waals surface area contributed by atoms with Crippen LogP contribution in [-0.4, -0.2) is 42.5 Å². The van der Waals surface area contributed by atoms with Gasteiger partial charge in [-0.15, -0.1) is 0 Å². The van der Waals surface area contributed by atoms with Crippen LogP contribution >= 0.6 is 0 Å². The van der Waals surface area contributed by atoms with Gasteiger partial charge in [0, 0.05) is 19.5 Å². The van der Waals surface area contributed by atoms with Gasteiger partial charge in [0.05, 0.1) is 6.61 Å². The van der Waals surface area contributed by atoms with Crippen LogP contribution in [0.1, 0.15) is 58.3 Å².